The van der Waals surface area contributed by atoms with Crippen LogP contribution in [0, 0.1) is 13.8 Å². The van der Waals surface area contributed by atoms with Gasteiger partial charge < -0.3 is 10.1 Å². The third-order valence-corrected chi connectivity index (χ3v) is 5.83. The lowest BCUT2D eigenvalue weighted by atomic mass is 10.1. The number of hydrogen-bond donors (Lipinski definition) is 3. The van der Waals surface area contributed by atoms with Gasteiger partial charge in [0.15, 0.2) is 6.61 Å². The highest BCUT2D eigenvalue weighted by molar-refractivity contribution is 7.91. The second-order valence-corrected chi connectivity index (χ2v) is 8.28. The molecule has 0 aliphatic heterocycles. The molecule has 0 atom stereocenters. The Balaban J connectivity index is 1.84. The van der Waals surface area contributed by atoms with E-state index in [1.54, 1.807) is 12.1 Å². The van der Waals surface area contributed by atoms with Crippen LogP contribution in [0.4, 0.5) is 10.5 Å². The lowest BCUT2D eigenvalue weighted by Crippen LogP contribution is -2.37. The lowest BCUT2D eigenvalue weighted by molar-refractivity contribution is -0.123. The van der Waals surface area contributed by atoms with E-state index >= 15 is 0 Å². The molecule has 2 aromatic rings. The second-order valence-electron chi connectivity index (χ2n) is 5.58. The SMILES string of the molecule is Cc1ccc(NC(=O)NC(=O)COC(=O)c2csc(S(N)(=O)=O)c2)cc1C. The van der Waals surface area contributed by atoms with E-state index in [1.165, 1.54) is 5.38 Å². The summed E-state index contributed by atoms with van der Waals surface area (Å²) in [6, 6.07) is 5.54. The molecule has 4 N–H and O–H groups in total. The van der Waals surface area contributed by atoms with Crippen LogP contribution in [0.2, 0.25) is 0 Å². The van der Waals surface area contributed by atoms with Crippen molar-refractivity contribution in [3.63, 3.8) is 0 Å². The molecule has 1 aromatic heterocycles. The molecule has 0 aliphatic carbocycles. The fraction of sp³-hybridized carbons (Fsp3) is 0.188. The molecule has 27 heavy (non-hydrogen) atoms. The molecule has 1 heterocycles. The Morgan fingerprint density at radius 1 is 1.15 bits per heavy atom. The Kier molecular flexibility index (Phi) is 6.31. The Morgan fingerprint density at radius 3 is 2.44 bits per heavy atom. The standard InChI is InChI=1S/C16H17N3O6S2/c1-9-3-4-12(5-10(9)2)18-16(22)19-13(20)7-25-15(21)11-6-14(26-8-11)27(17,23)24/h3-6,8H,7H2,1-2H3,(H2,17,23,24)(H2,18,19,20,22). The first-order valence-corrected chi connectivity index (χ1v) is 9.95. The van der Waals surface area contributed by atoms with Crippen LogP contribution in [0.1, 0.15) is 21.5 Å². The van der Waals surface area contributed by atoms with Gasteiger partial charge in [-0.1, -0.05) is 6.07 Å². The predicted molar refractivity (Wildman–Crippen MR) is 99.1 cm³/mol. The molecule has 0 fully saturated rings. The molecule has 144 valence electrons. The molecule has 1 aromatic carbocycles. The summed E-state index contributed by atoms with van der Waals surface area (Å²) in [6.45, 7) is 3.10. The van der Waals surface area contributed by atoms with Gasteiger partial charge in [0.2, 0.25) is 10.0 Å². The number of anilines is 1. The van der Waals surface area contributed by atoms with Crippen LogP contribution < -0.4 is 15.8 Å². The summed E-state index contributed by atoms with van der Waals surface area (Å²) in [6.07, 6.45) is 0. The summed E-state index contributed by atoms with van der Waals surface area (Å²) in [5.41, 5.74) is 2.48. The van der Waals surface area contributed by atoms with Crippen LogP contribution in [-0.4, -0.2) is 32.9 Å². The number of primary sulfonamides is 1. The molecule has 11 heteroatoms. The van der Waals surface area contributed by atoms with Crippen LogP contribution in [0.15, 0.2) is 33.9 Å². The quantitative estimate of drug-likeness (QED) is 0.636. The average Bonchev–Trinajstić information content (AvgIpc) is 3.06. The maximum Gasteiger partial charge on any atom is 0.339 e. The number of benzene rings is 1. The molecular formula is C16H17N3O6S2. The topological polar surface area (TPSA) is 145 Å². The number of esters is 1. The fourth-order valence-corrected chi connectivity index (χ4v) is 3.51. The van der Waals surface area contributed by atoms with E-state index in [-0.39, 0.29) is 9.77 Å². The smallest absolute Gasteiger partial charge is 0.339 e. The third kappa shape index (κ3) is 5.88. The van der Waals surface area contributed by atoms with Crippen molar-refractivity contribution < 1.29 is 27.5 Å². The number of aryl methyl sites for hydroxylation is 2. The highest BCUT2D eigenvalue weighted by Crippen LogP contribution is 2.19. The summed E-state index contributed by atoms with van der Waals surface area (Å²) in [7, 11) is -3.92. The van der Waals surface area contributed by atoms with Crippen LogP contribution in [0.5, 0.6) is 0 Å². The summed E-state index contributed by atoms with van der Waals surface area (Å²) in [4.78, 5) is 35.3. The van der Waals surface area contributed by atoms with Gasteiger partial charge in [0.25, 0.3) is 5.91 Å². The molecule has 0 bridgehead atoms. The Hall–Kier alpha value is -2.76. The monoisotopic (exact) mass is 411 g/mol. The minimum Gasteiger partial charge on any atom is -0.452 e. The molecule has 0 aliphatic rings. The van der Waals surface area contributed by atoms with Gasteiger partial charge in [0.1, 0.15) is 4.21 Å². The van der Waals surface area contributed by atoms with Crippen molar-refractivity contribution in [2.24, 2.45) is 5.14 Å². The van der Waals surface area contributed by atoms with Gasteiger partial charge in [-0.3, -0.25) is 10.1 Å². The zero-order valence-corrected chi connectivity index (χ0v) is 16.1. The number of sulfonamides is 1. The zero-order chi connectivity index (χ0) is 20.2. The van der Waals surface area contributed by atoms with Gasteiger partial charge in [0.05, 0.1) is 5.56 Å². The van der Waals surface area contributed by atoms with Gasteiger partial charge in [-0.25, -0.2) is 23.1 Å². The van der Waals surface area contributed by atoms with Crippen LogP contribution in [-0.2, 0) is 19.6 Å². The normalized spacial score (nSPS) is 10.9. The molecule has 0 saturated heterocycles. The van der Waals surface area contributed by atoms with Crippen molar-refractivity contribution in [1.82, 2.24) is 5.32 Å². The number of hydrogen-bond acceptors (Lipinski definition) is 7. The number of nitrogens with two attached hydrogens (primary N) is 1. The minimum atomic E-state index is -3.92. The number of urea groups is 1. The minimum absolute atomic E-state index is 0.0589. The molecular weight excluding hydrogens is 394 g/mol. The number of imide groups is 1. The van der Waals surface area contributed by atoms with Gasteiger partial charge in [-0.15, -0.1) is 11.3 Å². The van der Waals surface area contributed by atoms with E-state index in [2.05, 4.69) is 5.32 Å². The number of ether oxygens (including phenoxy) is 1. The number of carbonyl (C=O) groups excluding carboxylic acids is 3. The largest absolute Gasteiger partial charge is 0.452 e. The number of carbonyl (C=O) groups is 3. The predicted octanol–water partition coefficient (Wildman–Crippen LogP) is 1.52. The van der Waals surface area contributed by atoms with Crippen molar-refractivity contribution >= 4 is 45.0 Å². The first kappa shape index (κ1) is 20.6. The van der Waals surface area contributed by atoms with Gasteiger partial charge in [-0.05, 0) is 43.2 Å². The van der Waals surface area contributed by atoms with Crippen LogP contribution in [0.3, 0.4) is 0 Å². The van der Waals surface area contributed by atoms with E-state index in [0.29, 0.717) is 5.69 Å². The Labute approximate surface area is 159 Å². The number of thiophene rings is 1. The first-order valence-electron chi connectivity index (χ1n) is 7.53. The third-order valence-electron chi connectivity index (χ3n) is 3.44. The molecule has 0 saturated carbocycles. The Bertz CT molecular complexity index is 997. The summed E-state index contributed by atoms with van der Waals surface area (Å²) >= 11 is 0.755. The maximum atomic E-state index is 11.8. The van der Waals surface area contributed by atoms with Gasteiger partial charge in [-0.2, -0.15) is 0 Å². The molecule has 9 nitrogen and oxygen atoms in total. The molecule has 0 spiro atoms. The highest BCUT2D eigenvalue weighted by atomic mass is 32.2. The van der Waals surface area contributed by atoms with E-state index in [1.807, 2.05) is 25.2 Å². The molecule has 3 amide bonds. The first-order chi connectivity index (χ1) is 12.6. The Morgan fingerprint density at radius 2 is 1.85 bits per heavy atom. The summed E-state index contributed by atoms with van der Waals surface area (Å²) < 4.78 is 26.9. The van der Waals surface area contributed by atoms with Crippen molar-refractivity contribution in [2.75, 3.05) is 11.9 Å². The van der Waals surface area contributed by atoms with Gasteiger partial charge >= 0.3 is 12.0 Å². The van der Waals surface area contributed by atoms with Crippen LogP contribution in [0.25, 0.3) is 0 Å². The van der Waals surface area contributed by atoms with E-state index in [0.717, 1.165) is 28.5 Å². The fourth-order valence-electron chi connectivity index (χ4n) is 1.93. The molecule has 0 unspecified atom stereocenters. The van der Waals surface area contributed by atoms with E-state index in [9.17, 15) is 22.8 Å². The lowest BCUT2D eigenvalue weighted by Gasteiger charge is -2.08. The number of rotatable bonds is 5. The van der Waals surface area contributed by atoms with E-state index in [4.69, 9.17) is 9.88 Å². The summed E-state index contributed by atoms with van der Waals surface area (Å²) in [5, 5.41) is 10.7. The average molecular weight is 411 g/mol. The van der Waals surface area contributed by atoms with E-state index < -0.39 is 34.5 Å². The van der Waals surface area contributed by atoms with Crippen molar-refractivity contribution in [2.45, 2.75) is 18.1 Å². The van der Waals surface area contributed by atoms with Crippen LogP contribution >= 0.6 is 11.3 Å². The summed E-state index contributed by atoms with van der Waals surface area (Å²) in [5.74, 6) is -1.75. The highest BCUT2D eigenvalue weighted by Gasteiger charge is 2.17. The number of amides is 3. The van der Waals surface area contributed by atoms with Crippen molar-refractivity contribution in [3.05, 3.63) is 46.3 Å². The second kappa shape index (κ2) is 8.29. The number of nitrogens with one attached hydrogen (secondary N) is 2. The van der Waals surface area contributed by atoms with Crippen molar-refractivity contribution in [1.29, 1.82) is 0 Å². The van der Waals surface area contributed by atoms with Gasteiger partial charge in [0, 0.05) is 11.1 Å². The molecule has 2 rings (SSSR count). The maximum absolute atomic E-state index is 11.8. The van der Waals surface area contributed by atoms with Crippen molar-refractivity contribution in [3.8, 4) is 0 Å². The molecule has 0 radical (unpaired) electrons. The zero-order valence-electron chi connectivity index (χ0n) is 14.4.